The lowest BCUT2D eigenvalue weighted by Crippen LogP contribution is -2.41. The second-order valence-corrected chi connectivity index (χ2v) is 6.24. The number of hydrogen-bond acceptors (Lipinski definition) is 4. The van der Waals surface area contributed by atoms with Gasteiger partial charge in [-0.25, -0.2) is 0 Å². The summed E-state index contributed by atoms with van der Waals surface area (Å²) in [6, 6.07) is 16.9. The number of para-hydroxylation sites is 2. The maximum absolute atomic E-state index is 12.4. The van der Waals surface area contributed by atoms with Crippen LogP contribution in [0.3, 0.4) is 0 Å². The van der Waals surface area contributed by atoms with Crippen LogP contribution in [-0.2, 0) is 17.8 Å². The molecule has 2 heterocycles. The van der Waals surface area contributed by atoms with Gasteiger partial charge in [0, 0.05) is 35.6 Å². The molecule has 26 heavy (non-hydrogen) atoms. The molecule has 1 atom stereocenters. The third-order valence-corrected chi connectivity index (χ3v) is 4.47. The smallest absolute Gasteiger partial charge is 0.237 e. The van der Waals surface area contributed by atoms with Gasteiger partial charge in [0.25, 0.3) is 0 Å². The summed E-state index contributed by atoms with van der Waals surface area (Å²) in [4.78, 5) is 16.8. The van der Waals surface area contributed by atoms with Crippen LogP contribution in [0, 0.1) is 0 Å². The van der Waals surface area contributed by atoms with Crippen molar-refractivity contribution in [3.8, 4) is 0 Å². The minimum Gasteiger partial charge on any atom is -0.351 e. The molecule has 6 nitrogen and oxygen atoms in total. The summed E-state index contributed by atoms with van der Waals surface area (Å²) in [6.07, 6.45) is 2.16. The van der Waals surface area contributed by atoms with Crippen molar-refractivity contribution in [1.82, 2.24) is 20.5 Å². The van der Waals surface area contributed by atoms with Crippen molar-refractivity contribution in [2.45, 2.75) is 19.0 Å². The highest BCUT2D eigenvalue weighted by molar-refractivity contribution is 5.86. The van der Waals surface area contributed by atoms with Gasteiger partial charge in [0.15, 0.2) is 0 Å². The molecule has 4 aromatic rings. The van der Waals surface area contributed by atoms with Crippen molar-refractivity contribution < 1.29 is 4.79 Å². The number of nitrogens with one attached hydrogen (secondary N) is 2. The van der Waals surface area contributed by atoms with E-state index in [1.807, 2.05) is 54.6 Å². The van der Waals surface area contributed by atoms with Gasteiger partial charge in [-0.2, -0.15) is 5.10 Å². The van der Waals surface area contributed by atoms with Crippen LogP contribution in [0.5, 0.6) is 0 Å². The second kappa shape index (κ2) is 6.93. The Morgan fingerprint density at radius 1 is 1.12 bits per heavy atom. The van der Waals surface area contributed by atoms with Crippen LogP contribution in [-0.4, -0.2) is 27.1 Å². The van der Waals surface area contributed by atoms with Crippen LogP contribution >= 0.6 is 0 Å². The fraction of sp³-hybridized carbons (Fsp3) is 0.150. The lowest BCUT2D eigenvalue weighted by Gasteiger charge is -2.12. The standard InChI is InChI=1S/C20H19N5O/c21-16(11-18-15-8-1-2-9-17(15)24-25-18)20(26)23-12-14-6-3-5-13-7-4-10-22-19(13)14/h1-10,16H,11-12,21H2,(H,23,26)(H,24,25). The molecular formula is C20H19N5O. The molecule has 0 radical (unpaired) electrons. The third-order valence-electron chi connectivity index (χ3n) is 4.47. The molecule has 0 bridgehead atoms. The van der Waals surface area contributed by atoms with Crippen LogP contribution in [0.4, 0.5) is 0 Å². The Morgan fingerprint density at radius 3 is 2.88 bits per heavy atom. The molecule has 130 valence electrons. The van der Waals surface area contributed by atoms with Crippen molar-refractivity contribution in [2.24, 2.45) is 5.73 Å². The average molecular weight is 345 g/mol. The van der Waals surface area contributed by atoms with Gasteiger partial charge in [-0.3, -0.25) is 14.9 Å². The van der Waals surface area contributed by atoms with Crippen LogP contribution in [0.2, 0.25) is 0 Å². The minimum absolute atomic E-state index is 0.198. The van der Waals surface area contributed by atoms with E-state index in [2.05, 4.69) is 20.5 Å². The number of fused-ring (bicyclic) bond motifs is 2. The molecule has 1 unspecified atom stereocenters. The van der Waals surface area contributed by atoms with Gasteiger partial charge in [0.2, 0.25) is 5.91 Å². The molecule has 2 aromatic carbocycles. The minimum atomic E-state index is -0.651. The number of carbonyl (C=O) groups is 1. The van der Waals surface area contributed by atoms with E-state index in [4.69, 9.17) is 5.73 Å². The number of aromatic amines is 1. The fourth-order valence-electron chi connectivity index (χ4n) is 3.11. The number of nitrogens with zero attached hydrogens (tertiary/aromatic N) is 2. The zero-order valence-electron chi connectivity index (χ0n) is 14.1. The molecular weight excluding hydrogens is 326 g/mol. The number of hydrogen-bond donors (Lipinski definition) is 3. The van der Waals surface area contributed by atoms with Crippen molar-refractivity contribution in [3.05, 3.63) is 72.1 Å². The van der Waals surface area contributed by atoms with Gasteiger partial charge >= 0.3 is 0 Å². The average Bonchev–Trinajstić information content (AvgIpc) is 3.09. The Labute approximate surface area is 150 Å². The quantitative estimate of drug-likeness (QED) is 0.517. The molecule has 4 rings (SSSR count). The number of benzene rings is 2. The van der Waals surface area contributed by atoms with E-state index < -0.39 is 6.04 Å². The molecule has 6 heteroatoms. The Balaban J connectivity index is 1.44. The van der Waals surface area contributed by atoms with Gasteiger partial charge in [0.1, 0.15) is 0 Å². The zero-order chi connectivity index (χ0) is 17.9. The fourth-order valence-corrected chi connectivity index (χ4v) is 3.11. The summed E-state index contributed by atoms with van der Waals surface area (Å²) in [5.41, 5.74) is 9.70. The first-order valence-corrected chi connectivity index (χ1v) is 8.50. The van der Waals surface area contributed by atoms with E-state index in [9.17, 15) is 4.79 Å². The molecule has 0 saturated carbocycles. The summed E-state index contributed by atoms with van der Waals surface area (Å²) >= 11 is 0. The predicted octanol–water partition coefficient (Wildman–Crippen LogP) is 2.30. The normalized spacial score (nSPS) is 12.3. The van der Waals surface area contributed by atoms with Gasteiger partial charge in [-0.05, 0) is 17.7 Å². The zero-order valence-corrected chi connectivity index (χ0v) is 14.1. The Morgan fingerprint density at radius 2 is 1.96 bits per heavy atom. The van der Waals surface area contributed by atoms with E-state index in [1.54, 1.807) is 6.20 Å². The molecule has 0 aliphatic heterocycles. The van der Waals surface area contributed by atoms with Gasteiger partial charge in [-0.15, -0.1) is 0 Å². The first-order valence-electron chi connectivity index (χ1n) is 8.50. The van der Waals surface area contributed by atoms with E-state index in [0.29, 0.717) is 13.0 Å². The molecule has 0 spiro atoms. The monoisotopic (exact) mass is 345 g/mol. The van der Waals surface area contributed by atoms with Crippen molar-refractivity contribution in [1.29, 1.82) is 0 Å². The number of nitrogens with two attached hydrogens (primary N) is 1. The molecule has 0 fully saturated rings. The van der Waals surface area contributed by atoms with Gasteiger partial charge in [-0.1, -0.05) is 42.5 Å². The number of rotatable bonds is 5. The Bertz CT molecular complexity index is 1070. The highest BCUT2D eigenvalue weighted by Gasteiger charge is 2.17. The molecule has 2 aromatic heterocycles. The largest absolute Gasteiger partial charge is 0.351 e. The van der Waals surface area contributed by atoms with E-state index in [-0.39, 0.29) is 5.91 Å². The van der Waals surface area contributed by atoms with Gasteiger partial charge < -0.3 is 11.1 Å². The molecule has 4 N–H and O–H groups in total. The van der Waals surface area contributed by atoms with Crippen LogP contribution in [0.15, 0.2) is 60.8 Å². The Kier molecular flexibility index (Phi) is 4.33. The number of aromatic nitrogens is 3. The summed E-state index contributed by atoms with van der Waals surface area (Å²) in [7, 11) is 0. The van der Waals surface area contributed by atoms with Crippen LogP contribution in [0.1, 0.15) is 11.3 Å². The summed E-state index contributed by atoms with van der Waals surface area (Å²) < 4.78 is 0. The number of amides is 1. The maximum atomic E-state index is 12.4. The first kappa shape index (κ1) is 16.2. The highest BCUT2D eigenvalue weighted by atomic mass is 16.2. The van der Waals surface area contributed by atoms with E-state index in [1.165, 1.54) is 0 Å². The molecule has 1 amide bonds. The van der Waals surface area contributed by atoms with E-state index in [0.717, 1.165) is 33.1 Å². The lowest BCUT2D eigenvalue weighted by atomic mass is 10.1. The predicted molar refractivity (Wildman–Crippen MR) is 101 cm³/mol. The second-order valence-electron chi connectivity index (χ2n) is 6.24. The number of pyridine rings is 1. The maximum Gasteiger partial charge on any atom is 0.237 e. The van der Waals surface area contributed by atoms with Crippen molar-refractivity contribution in [2.75, 3.05) is 0 Å². The van der Waals surface area contributed by atoms with Crippen molar-refractivity contribution >= 4 is 27.7 Å². The molecule has 0 aliphatic carbocycles. The molecule has 0 aliphatic rings. The third kappa shape index (κ3) is 3.14. The van der Waals surface area contributed by atoms with Crippen molar-refractivity contribution in [3.63, 3.8) is 0 Å². The lowest BCUT2D eigenvalue weighted by molar-refractivity contribution is -0.122. The first-order chi connectivity index (χ1) is 12.7. The molecule has 0 saturated heterocycles. The number of H-pyrrole nitrogens is 1. The summed E-state index contributed by atoms with van der Waals surface area (Å²) in [5.74, 6) is -0.198. The van der Waals surface area contributed by atoms with Crippen LogP contribution < -0.4 is 11.1 Å². The van der Waals surface area contributed by atoms with Gasteiger partial charge in [0.05, 0.1) is 17.1 Å². The highest BCUT2D eigenvalue weighted by Crippen LogP contribution is 2.17. The number of carbonyl (C=O) groups excluding carboxylic acids is 1. The summed E-state index contributed by atoms with van der Waals surface area (Å²) in [6.45, 7) is 0.393. The Hall–Kier alpha value is -3.25. The SMILES string of the molecule is NC(Cc1[nH]nc2ccccc12)C(=O)NCc1cccc2cccnc12. The van der Waals surface area contributed by atoms with Crippen LogP contribution in [0.25, 0.3) is 21.8 Å². The summed E-state index contributed by atoms with van der Waals surface area (Å²) in [5, 5.41) is 12.2. The van der Waals surface area contributed by atoms with E-state index >= 15 is 0 Å². The topological polar surface area (TPSA) is 96.7 Å².